The number of nitriles is 1. The summed E-state index contributed by atoms with van der Waals surface area (Å²) in [6.45, 7) is 0. The number of imidazole rings is 1. The molecule has 2 rings (SSSR count). The number of fused-ring (bicyclic) bond motifs is 1. The molecule has 86 valence electrons. The van der Waals surface area contributed by atoms with E-state index < -0.39 is 5.97 Å². The van der Waals surface area contributed by atoms with Crippen molar-refractivity contribution in [3.05, 3.63) is 34.3 Å². The van der Waals surface area contributed by atoms with Crippen LogP contribution in [-0.4, -0.2) is 20.5 Å². The van der Waals surface area contributed by atoms with E-state index in [1.807, 2.05) is 12.1 Å². The van der Waals surface area contributed by atoms with E-state index in [0.29, 0.717) is 23.5 Å². The largest absolute Gasteiger partial charge is 0.481 e. The average Bonchev–Trinajstić information content (AvgIpc) is 2.63. The average molecular weight is 294 g/mol. The molecule has 1 N–H and O–H groups in total. The van der Waals surface area contributed by atoms with Crippen molar-refractivity contribution in [3.8, 4) is 6.07 Å². The molecule has 0 saturated carbocycles. The number of hydrogen-bond donors (Lipinski definition) is 1. The van der Waals surface area contributed by atoms with Gasteiger partial charge >= 0.3 is 5.97 Å². The van der Waals surface area contributed by atoms with E-state index in [-0.39, 0.29) is 6.42 Å². The fraction of sp³-hybridized carbons (Fsp3) is 0.182. The second-order valence-electron chi connectivity index (χ2n) is 3.48. The molecular weight excluding hydrogens is 286 g/mol. The topological polar surface area (TPSA) is 78.4 Å². The summed E-state index contributed by atoms with van der Waals surface area (Å²) in [4.78, 5) is 14.7. The van der Waals surface area contributed by atoms with E-state index in [2.05, 4.69) is 20.9 Å². The normalized spacial score (nSPS) is 10.4. The highest BCUT2D eigenvalue weighted by Crippen LogP contribution is 2.18. The maximum Gasteiger partial charge on any atom is 0.303 e. The third-order valence-corrected chi connectivity index (χ3v) is 2.84. The highest BCUT2D eigenvalue weighted by Gasteiger charge is 2.11. The molecule has 0 aliphatic carbocycles. The summed E-state index contributed by atoms with van der Waals surface area (Å²) in [6, 6.07) is 5.61. The molecule has 0 fully saturated rings. The number of halogens is 1. The van der Waals surface area contributed by atoms with Crippen LogP contribution in [0.5, 0.6) is 0 Å². The summed E-state index contributed by atoms with van der Waals surface area (Å²) < 4.78 is 2.60. The molecule has 0 atom stereocenters. The first-order valence-electron chi connectivity index (χ1n) is 4.90. The summed E-state index contributed by atoms with van der Waals surface area (Å²) in [5, 5.41) is 17.6. The molecule has 0 unspecified atom stereocenters. The zero-order valence-corrected chi connectivity index (χ0v) is 10.3. The van der Waals surface area contributed by atoms with Gasteiger partial charge in [-0.2, -0.15) is 5.26 Å². The Morgan fingerprint density at radius 3 is 3.06 bits per heavy atom. The molecule has 2 aromatic heterocycles. The van der Waals surface area contributed by atoms with Crippen LogP contribution < -0.4 is 0 Å². The Kier molecular flexibility index (Phi) is 3.11. The molecule has 0 saturated heterocycles. The van der Waals surface area contributed by atoms with Crippen molar-refractivity contribution in [2.75, 3.05) is 0 Å². The Hall–Kier alpha value is -1.87. The van der Waals surface area contributed by atoms with Crippen LogP contribution in [0.3, 0.4) is 0 Å². The number of aromatic nitrogens is 2. The highest BCUT2D eigenvalue weighted by molar-refractivity contribution is 9.10. The van der Waals surface area contributed by atoms with Crippen molar-refractivity contribution >= 4 is 27.4 Å². The second kappa shape index (κ2) is 4.55. The lowest BCUT2D eigenvalue weighted by molar-refractivity contribution is -0.137. The van der Waals surface area contributed by atoms with Gasteiger partial charge in [0.05, 0.1) is 11.9 Å². The summed E-state index contributed by atoms with van der Waals surface area (Å²) >= 11 is 3.32. The van der Waals surface area contributed by atoms with Gasteiger partial charge in [0.2, 0.25) is 0 Å². The van der Waals surface area contributed by atoms with Crippen molar-refractivity contribution in [3.63, 3.8) is 0 Å². The molecule has 0 spiro atoms. The van der Waals surface area contributed by atoms with Crippen LogP contribution in [0, 0.1) is 11.3 Å². The van der Waals surface area contributed by atoms with E-state index in [1.165, 1.54) is 0 Å². The van der Waals surface area contributed by atoms with Gasteiger partial charge in [0.25, 0.3) is 0 Å². The zero-order chi connectivity index (χ0) is 12.4. The van der Waals surface area contributed by atoms with Crippen LogP contribution >= 0.6 is 15.9 Å². The molecule has 17 heavy (non-hydrogen) atoms. The number of carbonyl (C=O) groups is 1. The van der Waals surface area contributed by atoms with Gasteiger partial charge in [0.15, 0.2) is 5.69 Å². The molecule has 0 aliphatic rings. The van der Waals surface area contributed by atoms with Crippen LogP contribution in [-0.2, 0) is 11.2 Å². The number of rotatable bonds is 3. The standard InChI is InChI=1S/C11H8BrN3O2/c12-7-3-4-15-9(5-7)8(6-13)14-10(15)1-2-11(16)17/h3-5H,1-2H2,(H,16,17). The maximum absolute atomic E-state index is 10.5. The Bertz CT molecular complexity index is 627. The van der Waals surface area contributed by atoms with Gasteiger partial charge in [-0.25, -0.2) is 4.98 Å². The first kappa shape index (κ1) is 11.6. The first-order valence-corrected chi connectivity index (χ1v) is 5.69. The van der Waals surface area contributed by atoms with Crippen molar-refractivity contribution in [1.29, 1.82) is 5.26 Å². The van der Waals surface area contributed by atoms with Gasteiger partial charge in [0, 0.05) is 17.1 Å². The SMILES string of the molecule is N#Cc1nc(CCC(=O)O)n2ccc(Br)cc12. The van der Waals surface area contributed by atoms with Crippen molar-refractivity contribution in [2.45, 2.75) is 12.8 Å². The fourth-order valence-electron chi connectivity index (χ4n) is 1.60. The van der Waals surface area contributed by atoms with Crippen molar-refractivity contribution < 1.29 is 9.90 Å². The minimum absolute atomic E-state index is 0.0000455. The summed E-state index contributed by atoms with van der Waals surface area (Å²) in [5.41, 5.74) is 0.994. The van der Waals surface area contributed by atoms with Gasteiger partial charge in [-0.15, -0.1) is 0 Å². The molecular formula is C11H8BrN3O2. The summed E-state index contributed by atoms with van der Waals surface area (Å²) in [7, 11) is 0. The van der Waals surface area contributed by atoms with Crippen LogP contribution in [0.2, 0.25) is 0 Å². The molecule has 0 radical (unpaired) electrons. The fourth-order valence-corrected chi connectivity index (χ4v) is 1.93. The molecule has 6 heteroatoms. The third kappa shape index (κ3) is 2.29. The minimum atomic E-state index is -0.877. The lowest BCUT2D eigenvalue weighted by Crippen LogP contribution is -2.01. The first-order chi connectivity index (χ1) is 8.11. The van der Waals surface area contributed by atoms with E-state index >= 15 is 0 Å². The molecule has 0 bridgehead atoms. The van der Waals surface area contributed by atoms with Crippen molar-refractivity contribution in [2.24, 2.45) is 0 Å². The van der Waals surface area contributed by atoms with Gasteiger partial charge in [-0.3, -0.25) is 4.79 Å². The number of aliphatic carboxylic acids is 1. The zero-order valence-electron chi connectivity index (χ0n) is 8.72. The van der Waals surface area contributed by atoms with E-state index in [1.54, 1.807) is 16.7 Å². The predicted molar refractivity (Wildman–Crippen MR) is 63.6 cm³/mol. The minimum Gasteiger partial charge on any atom is -0.481 e. The Morgan fingerprint density at radius 1 is 1.65 bits per heavy atom. The monoisotopic (exact) mass is 293 g/mol. The number of hydrogen-bond acceptors (Lipinski definition) is 3. The molecule has 0 amide bonds. The van der Waals surface area contributed by atoms with Crippen LogP contribution in [0.25, 0.3) is 5.52 Å². The second-order valence-corrected chi connectivity index (χ2v) is 4.40. The Labute approximate surface area is 105 Å². The van der Waals surface area contributed by atoms with E-state index in [9.17, 15) is 4.79 Å². The quantitative estimate of drug-likeness (QED) is 0.939. The number of carboxylic acids is 1. The van der Waals surface area contributed by atoms with E-state index in [4.69, 9.17) is 10.4 Å². The molecule has 0 aromatic carbocycles. The third-order valence-electron chi connectivity index (χ3n) is 2.35. The summed E-state index contributed by atoms with van der Waals surface area (Å²) in [5.74, 6) is -0.288. The Balaban J connectivity index is 2.50. The molecule has 0 aliphatic heterocycles. The number of carboxylic acid groups (broad SMARTS) is 1. The predicted octanol–water partition coefficient (Wildman–Crippen LogP) is 1.99. The lowest BCUT2D eigenvalue weighted by Gasteiger charge is -1.99. The lowest BCUT2D eigenvalue weighted by atomic mass is 10.3. The molecule has 2 aromatic rings. The van der Waals surface area contributed by atoms with Crippen LogP contribution in [0.1, 0.15) is 17.9 Å². The number of aryl methyl sites for hydroxylation is 1. The van der Waals surface area contributed by atoms with Gasteiger partial charge in [0.1, 0.15) is 11.9 Å². The van der Waals surface area contributed by atoms with E-state index in [0.717, 1.165) is 4.47 Å². The smallest absolute Gasteiger partial charge is 0.303 e. The molecule has 5 nitrogen and oxygen atoms in total. The summed E-state index contributed by atoms with van der Waals surface area (Å²) in [6.07, 6.45) is 2.07. The van der Waals surface area contributed by atoms with Crippen LogP contribution in [0.15, 0.2) is 22.8 Å². The van der Waals surface area contributed by atoms with Crippen molar-refractivity contribution in [1.82, 2.24) is 9.38 Å². The molecule has 2 heterocycles. The van der Waals surface area contributed by atoms with Crippen LogP contribution in [0.4, 0.5) is 0 Å². The van der Waals surface area contributed by atoms with Gasteiger partial charge in [-0.1, -0.05) is 15.9 Å². The highest BCUT2D eigenvalue weighted by atomic mass is 79.9. The Morgan fingerprint density at radius 2 is 2.41 bits per heavy atom. The maximum atomic E-state index is 10.5. The number of nitrogens with zero attached hydrogens (tertiary/aromatic N) is 3. The van der Waals surface area contributed by atoms with Gasteiger partial charge < -0.3 is 9.51 Å². The number of pyridine rings is 1. The van der Waals surface area contributed by atoms with Gasteiger partial charge in [-0.05, 0) is 12.1 Å².